The van der Waals surface area contributed by atoms with Crippen LogP contribution < -0.4 is 5.73 Å². The molecular formula is C12H15FN2O2. The van der Waals surface area contributed by atoms with Gasteiger partial charge in [-0.3, -0.25) is 4.90 Å². The van der Waals surface area contributed by atoms with Gasteiger partial charge in [-0.1, -0.05) is 12.1 Å². The van der Waals surface area contributed by atoms with E-state index in [-0.39, 0.29) is 18.4 Å². The van der Waals surface area contributed by atoms with Crippen LogP contribution in [0.5, 0.6) is 0 Å². The van der Waals surface area contributed by atoms with Crippen molar-refractivity contribution in [3.8, 4) is 0 Å². The molecule has 2 N–H and O–H groups in total. The van der Waals surface area contributed by atoms with Crippen LogP contribution in [0.1, 0.15) is 17.2 Å². The number of amides is 1. The van der Waals surface area contributed by atoms with Crippen LogP contribution in [0.4, 0.5) is 9.18 Å². The standard InChI is InChI=1S/C12H15FN2O2/c1-17-12(16)15-6-5-8-9(11(15)7-14)3-2-4-10(8)13/h2-4,11H,5-7,14H2,1H3. The van der Waals surface area contributed by atoms with Crippen LogP contribution >= 0.6 is 0 Å². The van der Waals surface area contributed by atoms with E-state index in [4.69, 9.17) is 10.5 Å². The van der Waals surface area contributed by atoms with Crippen molar-refractivity contribution < 1.29 is 13.9 Å². The molecule has 1 atom stereocenters. The van der Waals surface area contributed by atoms with Crippen molar-refractivity contribution in [1.82, 2.24) is 4.90 Å². The minimum Gasteiger partial charge on any atom is -0.453 e. The molecule has 0 radical (unpaired) electrons. The SMILES string of the molecule is COC(=O)N1CCc2c(F)cccc2C1CN. The topological polar surface area (TPSA) is 55.6 Å². The first-order valence-electron chi connectivity index (χ1n) is 5.51. The molecule has 0 spiro atoms. The summed E-state index contributed by atoms with van der Waals surface area (Å²) >= 11 is 0. The number of benzene rings is 1. The Morgan fingerprint density at radius 1 is 1.65 bits per heavy atom. The molecule has 1 amide bonds. The summed E-state index contributed by atoms with van der Waals surface area (Å²) in [6, 6.07) is 4.57. The highest BCUT2D eigenvalue weighted by molar-refractivity contribution is 5.69. The lowest BCUT2D eigenvalue weighted by atomic mass is 9.92. The number of ether oxygens (including phenoxy) is 1. The molecule has 5 heteroatoms. The van der Waals surface area contributed by atoms with Gasteiger partial charge in [0.25, 0.3) is 0 Å². The molecule has 92 valence electrons. The Hall–Kier alpha value is -1.62. The van der Waals surface area contributed by atoms with E-state index in [1.54, 1.807) is 11.0 Å². The number of carbonyl (C=O) groups is 1. The Balaban J connectivity index is 2.40. The predicted octanol–water partition coefficient (Wildman–Crippen LogP) is 1.45. The van der Waals surface area contributed by atoms with Gasteiger partial charge in [-0.15, -0.1) is 0 Å². The number of rotatable bonds is 1. The highest BCUT2D eigenvalue weighted by Gasteiger charge is 2.31. The quantitative estimate of drug-likeness (QED) is 0.805. The van der Waals surface area contributed by atoms with E-state index >= 15 is 0 Å². The van der Waals surface area contributed by atoms with Crippen molar-refractivity contribution >= 4 is 6.09 Å². The number of halogens is 1. The zero-order valence-corrected chi connectivity index (χ0v) is 9.65. The van der Waals surface area contributed by atoms with Crippen LogP contribution in [0, 0.1) is 5.82 Å². The first-order chi connectivity index (χ1) is 8.19. The summed E-state index contributed by atoms with van der Waals surface area (Å²) in [4.78, 5) is 13.1. The number of fused-ring (bicyclic) bond motifs is 1. The van der Waals surface area contributed by atoms with Gasteiger partial charge in [-0.25, -0.2) is 9.18 Å². The highest BCUT2D eigenvalue weighted by atomic mass is 19.1. The van der Waals surface area contributed by atoms with Gasteiger partial charge in [0, 0.05) is 13.1 Å². The van der Waals surface area contributed by atoms with Gasteiger partial charge >= 0.3 is 6.09 Å². The third-order valence-corrected chi connectivity index (χ3v) is 3.13. The molecule has 1 aromatic rings. The fraction of sp³-hybridized carbons (Fsp3) is 0.417. The van der Waals surface area contributed by atoms with Crippen molar-refractivity contribution in [2.75, 3.05) is 20.2 Å². The summed E-state index contributed by atoms with van der Waals surface area (Å²) < 4.78 is 18.3. The second-order valence-electron chi connectivity index (χ2n) is 3.97. The normalized spacial score (nSPS) is 18.8. The maximum atomic E-state index is 13.6. The van der Waals surface area contributed by atoms with E-state index in [9.17, 15) is 9.18 Å². The van der Waals surface area contributed by atoms with Gasteiger partial charge in [0.2, 0.25) is 0 Å². The molecule has 1 aromatic carbocycles. The Morgan fingerprint density at radius 3 is 3.06 bits per heavy atom. The fourth-order valence-electron chi connectivity index (χ4n) is 2.30. The van der Waals surface area contributed by atoms with E-state index in [2.05, 4.69) is 0 Å². The van der Waals surface area contributed by atoms with Gasteiger partial charge < -0.3 is 10.5 Å². The smallest absolute Gasteiger partial charge is 0.410 e. The van der Waals surface area contributed by atoms with Crippen LogP contribution in [0.2, 0.25) is 0 Å². The zero-order valence-electron chi connectivity index (χ0n) is 9.65. The Labute approximate surface area is 99.2 Å². The van der Waals surface area contributed by atoms with Crippen LogP contribution in [0.3, 0.4) is 0 Å². The predicted molar refractivity (Wildman–Crippen MR) is 61.0 cm³/mol. The molecule has 4 nitrogen and oxygen atoms in total. The maximum Gasteiger partial charge on any atom is 0.410 e. The molecular weight excluding hydrogens is 223 g/mol. The second-order valence-corrected chi connectivity index (χ2v) is 3.97. The number of nitrogens with zero attached hydrogens (tertiary/aromatic N) is 1. The maximum absolute atomic E-state index is 13.6. The van der Waals surface area contributed by atoms with E-state index < -0.39 is 6.09 Å². The van der Waals surface area contributed by atoms with E-state index in [1.807, 2.05) is 6.07 Å². The van der Waals surface area contributed by atoms with Gasteiger partial charge in [-0.2, -0.15) is 0 Å². The van der Waals surface area contributed by atoms with E-state index in [0.29, 0.717) is 18.5 Å². The number of carbonyl (C=O) groups excluding carboxylic acids is 1. The van der Waals surface area contributed by atoms with Crippen molar-refractivity contribution in [1.29, 1.82) is 0 Å². The van der Waals surface area contributed by atoms with Gasteiger partial charge in [0.15, 0.2) is 0 Å². The highest BCUT2D eigenvalue weighted by Crippen LogP contribution is 2.30. The van der Waals surface area contributed by atoms with E-state index in [0.717, 1.165) is 5.56 Å². The first-order valence-corrected chi connectivity index (χ1v) is 5.51. The molecule has 0 bridgehead atoms. The van der Waals surface area contributed by atoms with Gasteiger partial charge in [0.1, 0.15) is 5.82 Å². The third-order valence-electron chi connectivity index (χ3n) is 3.13. The lowest BCUT2D eigenvalue weighted by Crippen LogP contribution is -2.43. The first kappa shape index (κ1) is 11.9. The molecule has 1 heterocycles. The summed E-state index contributed by atoms with van der Waals surface area (Å²) in [5.41, 5.74) is 7.12. The molecule has 1 aliphatic rings. The minimum absolute atomic E-state index is 0.231. The molecule has 0 saturated carbocycles. The number of hydrogen-bond acceptors (Lipinski definition) is 3. The molecule has 0 aromatic heterocycles. The third kappa shape index (κ3) is 1.98. The number of methoxy groups -OCH3 is 1. The average Bonchev–Trinajstić information content (AvgIpc) is 2.37. The van der Waals surface area contributed by atoms with Crippen LogP contribution in [0.25, 0.3) is 0 Å². The molecule has 2 rings (SSSR count). The van der Waals surface area contributed by atoms with Crippen molar-refractivity contribution in [3.05, 3.63) is 35.1 Å². The Kier molecular flexibility index (Phi) is 3.28. The molecule has 1 aliphatic heterocycles. The van der Waals surface area contributed by atoms with E-state index in [1.165, 1.54) is 13.2 Å². The van der Waals surface area contributed by atoms with Crippen molar-refractivity contribution in [2.24, 2.45) is 5.73 Å². The molecule has 0 aliphatic carbocycles. The second kappa shape index (κ2) is 4.71. The summed E-state index contributed by atoms with van der Waals surface area (Å²) in [7, 11) is 1.33. The van der Waals surface area contributed by atoms with Crippen molar-refractivity contribution in [3.63, 3.8) is 0 Å². The summed E-state index contributed by atoms with van der Waals surface area (Å²) in [6.07, 6.45) is 0.0727. The Bertz CT molecular complexity index is 437. The average molecular weight is 238 g/mol. The zero-order chi connectivity index (χ0) is 12.4. The molecule has 0 fully saturated rings. The Morgan fingerprint density at radius 2 is 2.41 bits per heavy atom. The monoisotopic (exact) mass is 238 g/mol. The lowest BCUT2D eigenvalue weighted by molar-refractivity contribution is 0.102. The van der Waals surface area contributed by atoms with Crippen LogP contribution in [0.15, 0.2) is 18.2 Å². The molecule has 17 heavy (non-hydrogen) atoms. The molecule has 0 saturated heterocycles. The summed E-state index contributed by atoms with van der Waals surface area (Å²) in [6.45, 7) is 0.689. The minimum atomic E-state index is -0.421. The van der Waals surface area contributed by atoms with Gasteiger partial charge in [0.05, 0.1) is 13.2 Å². The lowest BCUT2D eigenvalue weighted by Gasteiger charge is -2.35. The summed E-state index contributed by atoms with van der Waals surface area (Å²) in [5.74, 6) is -0.231. The largest absolute Gasteiger partial charge is 0.453 e. The van der Waals surface area contributed by atoms with Crippen LogP contribution in [-0.4, -0.2) is 31.2 Å². The van der Waals surface area contributed by atoms with Gasteiger partial charge in [-0.05, 0) is 23.6 Å². The van der Waals surface area contributed by atoms with Crippen LogP contribution in [-0.2, 0) is 11.2 Å². The molecule has 1 unspecified atom stereocenters. The van der Waals surface area contributed by atoms with Crippen molar-refractivity contribution in [2.45, 2.75) is 12.5 Å². The fourth-order valence-corrected chi connectivity index (χ4v) is 2.30. The summed E-state index contributed by atoms with van der Waals surface area (Å²) in [5, 5.41) is 0. The number of hydrogen-bond donors (Lipinski definition) is 1. The number of nitrogens with two attached hydrogens (primary N) is 1.